The number of fused-ring (bicyclic) bond motifs is 1. The van der Waals surface area contributed by atoms with Crippen molar-refractivity contribution in [2.45, 2.75) is 6.54 Å². The first kappa shape index (κ1) is 14.3. The zero-order valence-electron chi connectivity index (χ0n) is 13.1. The molecule has 120 valence electrons. The van der Waals surface area contributed by atoms with Crippen LogP contribution in [0.4, 0.5) is 5.82 Å². The van der Waals surface area contributed by atoms with Gasteiger partial charge in [0.05, 0.1) is 18.3 Å². The van der Waals surface area contributed by atoms with E-state index in [2.05, 4.69) is 10.4 Å². The number of rotatable bonds is 4. The van der Waals surface area contributed by atoms with Gasteiger partial charge in [-0.1, -0.05) is 30.3 Å². The summed E-state index contributed by atoms with van der Waals surface area (Å²) in [5.74, 6) is 0.308. The number of hydrogen-bond donors (Lipinski definition) is 1. The first-order valence-electron chi connectivity index (χ1n) is 7.62. The topological polar surface area (TPSA) is 65.0 Å². The third kappa shape index (κ3) is 2.58. The highest BCUT2D eigenvalue weighted by Gasteiger charge is 2.16. The van der Waals surface area contributed by atoms with Crippen molar-refractivity contribution in [1.82, 2.24) is 14.3 Å². The molecule has 0 unspecified atom stereocenters. The number of benzene rings is 1. The molecule has 6 nitrogen and oxygen atoms in total. The summed E-state index contributed by atoms with van der Waals surface area (Å²) in [7, 11) is 1.83. The second-order valence-corrected chi connectivity index (χ2v) is 5.60. The molecule has 0 saturated carbocycles. The Morgan fingerprint density at radius 3 is 2.83 bits per heavy atom. The van der Waals surface area contributed by atoms with Crippen molar-refractivity contribution >= 4 is 22.8 Å². The molecule has 0 bridgehead atoms. The number of anilines is 1. The number of amides is 1. The molecule has 0 saturated heterocycles. The van der Waals surface area contributed by atoms with Crippen molar-refractivity contribution in [2.75, 3.05) is 5.32 Å². The van der Waals surface area contributed by atoms with E-state index in [0.717, 1.165) is 11.1 Å². The Hall–Kier alpha value is -3.28. The molecule has 4 aromatic rings. The molecular weight excluding hydrogens is 304 g/mol. The van der Waals surface area contributed by atoms with E-state index in [-0.39, 0.29) is 5.91 Å². The maximum absolute atomic E-state index is 12.4. The highest BCUT2D eigenvalue weighted by Crippen LogP contribution is 2.20. The minimum atomic E-state index is -0.214. The number of aryl methyl sites for hydroxylation is 1. The van der Waals surface area contributed by atoms with E-state index in [1.807, 2.05) is 49.6 Å². The molecule has 0 fully saturated rings. The molecule has 1 amide bonds. The minimum absolute atomic E-state index is 0.214. The molecular formula is C18H16N4O2. The fraction of sp³-hybridized carbons (Fsp3) is 0.111. The van der Waals surface area contributed by atoms with Crippen molar-refractivity contribution < 1.29 is 9.21 Å². The van der Waals surface area contributed by atoms with Gasteiger partial charge in [0.2, 0.25) is 0 Å². The zero-order valence-corrected chi connectivity index (χ0v) is 13.1. The van der Waals surface area contributed by atoms with Gasteiger partial charge in [0.25, 0.3) is 5.91 Å². The van der Waals surface area contributed by atoms with Gasteiger partial charge in [-0.3, -0.25) is 9.48 Å². The number of furan rings is 1. The number of hydrogen-bond acceptors (Lipinski definition) is 3. The van der Waals surface area contributed by atoms with Crippen molar-refractivity contribution in [2.24, 2.45) is 7.05 Å². The molecule has 3 aromatic heterocycles. The molecule has 0 aliphatic heterocycles. The Labute approximate surface area is 138 Å². The molecule has 24 heavy (non-hydrogen) atoms. The van der Waals surface area contributed by atoms with Crippen LogP contribution in [0.1, 0.15) is 16.1 Å². The van der Waals surface area contributed by atoms with Crippen LogP contribution in [-0.2, 0) is 13.6 Å². The predicted octanol–water partition coefficient (Wildman–Crippen LogP) is 3.27. The van der Waals surface area contributed by atoms with Crippen molar-refractivity contribution in [3.8, 4) is 0 Å². The van der Waals surface area contributed by atoms with E-state index in [1.54, 1.807) is 27.6 Å². The second kappa shape index (κ2) is 5.73. The van der Waals surface area contributed by atoms with E-state index < -0.39 is 0 Å². The lowest BCUT2D eigenvalue weighted by Crippen LogP contribution is -2.16. The molecule has 1 aromatic carbocycles. The van der Waals surface area contributed by atoms with Crippen LogP contribution in [0.15, 0.2) is 65.4 Å². The van der Waals surface area contributed by atoms with Crippen LogP contribution >= 0.6 is 0 Å². The first-order valence-corrected chi connectivity index (χ1v) is 7.62. The lowest BCUT2D eigenvalue weighted by molar-refractivity contribution is 0.101. The summed E-state index contributed by atoms with van der Waals surface area (Å²) in [4.78, 5) is 12.4. The van der Waals surface area contributed by atoms with E-state index in [0.29, 0.717) is 23.6 Å². The summed E-state index contributed by atoms with van der Waals surface area (Å²) in [6.45, 7) is 0.661. The lowest BCUT2D eigenvalue weighted by Gasteiger charge is -2.04. The molecule has 0 aliphatic carbocycles. The van der Waals surface area contributed by atoms with Gasteiger partial charge in [-0.25, -0.2) is 0 Å². The number of nitrogens with one attached hydrogen (secondary N) is 1. The van der Waals surface area contributed by atoms with Gasteiger partial charge in [-0.15, -0.1) is 0 Å². The Morgan fingerprint density at radius 1 is 1.21 bits per heavy atom. The normalized spacial score (nSPS) is 11.0. The lowest BCUT2D eigenvalue weighted by atomic mass is 10.2. The van der Waals surface area contributed by atoms with Gasteiger partial charge in [-0.05, 0) is 5.56 Å². The first-order chi connectivity index (χ1) is 11.7. The Balaban J connectivity index is 1.50. The number of aromatic nitrogens is 3. The average Bonchev–Trinajstić information content (AvgIpc) is 3.27. The molecule has 1 N–H and O–H groups in total. The van der Waals surface area contributed by atoms with E-state index in [4.69, 9.17) is 4.42 Å². The SMILES string of the molecule is Cn1c(C(=O)Nc2ccn(Cc3ccccc3)n2)cc2occc21. The fourth-order valence-corrected chi connectivity index (χ4v) is 2.74. The summed E-state index contributed by atoms with van der Waals surface area (Å²) in [5, 5.41) is 7.22. The van der Waals surface area contributed by atoms with Gasteiger partial charge in [0, 0.05) is 31.4 Å². The van der Waals surface area contributed by atoms with Crippen molar-refractivity contribution in [3.63, 3.8) is 0 Å². The number of carbonyl (C=O) groups excluding carboxylic acids is 1. The van der Waals surface area contributed by atoms with E-state index in [1.165, 1.54) is 0 Å². The number of nitrogens with zero attached hydrogens (tertiary/aromatic N) is 3. The number of carbonyl (C=O) groups is 1. The molecule has 0 spiro atoms. The summed E-state index contributed by atoms with van der Waals surface area (Å²) in [6, 6.07) is 15.4. The predicted molar refractivity (Wildman–Crippen MR) is 90.9 cm³/mol. The molecule has 0 aliphatic rings. The molecule has 4 rings (SSSR count). The molecule has 6 heteroatoms. The van der Waals surface area contributed by atoms with Gasteiger partial charge in [0.15, 0.2) is 11.4 Å². The van der Waals surface area contributed by atoms with E-state index >= 15 is 0 Å². The van der Waals surface area contributed by atoms with Crippen LogP contribution in [-0.4, -0.2) is 20.3 Å². The Bertz CT molecular complexity index is 995. The summed E-state index contributed by atoms with van der Waals surface area (Å²) in [5.41, 5.74) is 3.26. The average molecular weight is 320 g/mol. The van der Waals surface area contributed by atoms with Crippen LogP contribution in [0.5, 0.6) is 0 Å². The zero-order chi connectivity index (χ0) is 16.5. The largest absolute Gasteiger partial charge is 0.463 e. The van der Waals surface area contributed by atoms with Gasteiger partial charge in [0.1, 0.15) is 5.69 Å². The minimum Gasteiger partial charge on any atom is -0.463 e. The smallest absolute Gasteiger partial charge is 0.273 e. The van der Waals surface area contributed by atoms with E-state index in [9.17, 15) is 4.79 Å². The maximum atomic E-state index is 12.4. The van der Waals surface area contributed by atoms with Crippen LogP contribution in [0, 0.1) is 0 Å². The van der Waals surface area contributed by atoms with Gasteiger partial charge in [-0.2, -0.15) is 5.10 Å². The van der Waals surface area contributed by atoms with Crippen molar-refractivity contribution in [3.05, 3.63) is 72.2 Å². The maximum Gasteiger partial charge on any atom is 0.273 e. The van der Waals surface area contributed by atoms with Gasteiger partial charge >= 0.3 is 0 Å². The van der Waals surface area contributed by atoms with Crippen LogP contribution in [0.25, 0.3) is 11.1 Å². The summed E-state index contributed by atoms with van der Waals surface area (Å²) in [6.07, 6.45) is 3.46. The molecule has 0 atom stereocenters. The third-order valence-corrected chi connectivity index (χ3v) is 3.97. The Morgan fingerprint density at radius 2 is 2.04 bits per heavy atom. The molecule has 3 heterocycles. The fourth-order valence-electron chi connectivity index (χ4n) is 2.74. The van der Waals surface area contributed by atoms with Crippen LogP contribution in [0.2, 0.25) is 0 Å². The highest BCUT2D eigenvalue weighted by atomic mass is 16.3. The van der Waals surface area contributed by atoms with Crippen molar-refractivity contribution in [1.29, 1.82) is 0 Å². The third-order valence-electron chi connectivity index (χ3n) is 3.97. The van der Waals surface area contributed by atoms with Gasteiger partial charge < -0.3 is 14.3 Å². The summed E-state index contributed by atoms with van der Waals surface area (Å²) >= 11 is 0. The van der Waals surface area contributed by atoms with Crippen LogP contribution < -0.4 is 5.32 Å². The standard InChI is InChI=1S/C18H16N4O2/c1-21-14-8-10-24-16(14)11-15(21)18(23)19-17-7-9-22(20-17)12-13-5-3-2-4-6-13/h2-11H,12H2,1H3,(H,19,20,23). The van der Waals surface area contributed by atoms with Crippen LogP contribution in [0.3, 0.4) is 0 Å². The summed E-state index contributed by atoms with van der Waals surface area (Å²) < 4.78 is 8.92. The highest BCUT2D eigenvalue weighted by molar-refractivity contribution is 6.05. The quantitative estimate of drug-likeness (QED) is 0.627. The monoisotopic (exact) mass is 320 g/mol. The second-order valence-electron chi connectivity index (χ2n) is 5.60. The molecule has 0 radical (unpaired) electrons. The Kier molecular flexibility index (Phi) is 3.42.